The van der Waals surface area contributed by atoms with Crippen LogP contribution < -0.4 is 0 Å². The molecule has 0 bridgehead atoms. The summed E-state index contributed by atoms with van der Waals surface area (Å²) < 4.78 is 1.29. The largest absolute Gasteiger partial charge is 0.0622 e. The fourth-order valence-corrected chi connectivity index (χ4v) is 3.34. The van der Waals surface area contributed by atoms with Gasteiger partial charge in [-0.25, -0.2) is 0 Å². The van der Waals surface area contributed by atoms with Crippen molar-refractivity contribution >= 4 is 22.6 Å². The molecule has 0 atom stereocenters. The highest BCUT2D eigenvalue weighted by molar-refractivity contribution is 14.1. The Morgan fingerprint density at radius 1 is 0.385 bits per heavy atom. The Morgan fingerprint density at radius 3 is 0.885 bits per heavy atom. The Morgan fingerprint density at radius 2 is 0.654 bits per heavy atom. The van der Waals surface area contributed by atoms with Gasteiger partial charge in [0.2, 0.25) is 0 Å². The Kier molecular flexibility index (Phi) is 7.03. The molecule has 0 aliphatic heterocycles. The van der Waals surface area contributed by atoms with Crippen LogP contribution >= 0.6 is 22.6 Å². The van der Waals surface area contributed by atoms with E-state index in [0.29, 0.717) is 5.92 Å². The summed E-state index contributed by atoms with van der Waals surface area (Å²) in [5, 5.41) is 0. The summed E-state index contributed by atoms with van der Waals surface area (Å²) in [5.74, 6) is 0.309. The fraction of sp³-hybridized carbons (Fsp3) is 0.0400. The van der Waals surface area contributed by atoms with Crippen LogP contribution in [0.15, 0.2) is 121 Å². The summed E-state index contributed by atoms with van der Waals surface area (Å²) in [6.07, 6.45) is 0. The van der Waals surface area contributed by atoms with Gasteiger partial charge < -0.3 is 0 Å². The second kappa shape index (κ2) is 9.93. The van der Waals surface area contributed by atoms with E-state index < -0.39 is 0 Å². The Hall–Kier alpha value is -2.39. The highest BCUT2D eigenvalue weighted by Gasteiger charge is 2.15. The summed E-state index contributed by atoms with van der Waals surface area (Å²) in [4.78, 5) is 0. The van der Waals surface area contributed by atoms with E-state index in [4.69, 9.17) is 0 Å². The Balaban J connectivity index is 0.000000236. The van der Waals surface area contributed by atoms with Crippen LogP contribution in [0.4, 0.5) is 0 Å². The second-order valence-electron chi connectivity index (χ2n) is 5.96. The number of benzene rings is 4. The topological polar surface area (TPSA) is 0 Å². The van der Waals surface area contributed by atoms with Crippen molar-refractivity contribution in [2.24, 2.45) is 0 Å². The van der Waals surface area contributed by atoms with Crippen LogP contribution in [0.2, 0.25) is 0 Å². The van der Waals surface area contributed by atoms with Crippen molar-refractivity contribution in [1.82, 2.24) is 0 Å². The molecule has 128 valence electrons. The van der Waals surface area contributed by atoms with Crippen molar-refractivity contribution in [1.29, 1.82) is 0 Å². The van der Waals surface area contributed by atoms with E-state index in [1.54, 1.807) is 0 Å². The molecule has 4 aromatic carbocycles. The molecule has 0 heterocycles. The molecule has 0 aliphatic rings. The summed E-state index contributed by atoms with van der Waals surface area (Å²) in [7, 11) is 0. The van der Waals surface area contributed by atoms with E-state index in [-0.39, 0.29) is 0 Å². The fourth-order valence-electron chi connectivity index (χ4n) is 2.93. The maximum Gasteiger partial charge on any atom is 0.0339 e. The average Bonchev–Trinajstić information content (AvgIpc) is 2.72. The predicted octanol–water partition coefficient (Wildman–Crippen LogP) is 7.16. The van der Waals surface area contributed by atoms with Gasteiger partial charge >= 0.3 is 0 Å². The molecule has 0 N–H and O–H groups in total. The van der Waals surface area contributed by atoms with Gasteiger partial charge in [-0.3, -0.25) is 0 Å². The molecule has 0 amide bonds. The predicted molar refractivity (Wildman–Crippen MR) is 119 cm³/mol. The lowest BCUT2D eigenvalue weighted by Crippen LogP contribution is -2.02. The zero-order chi connectivity index (χ0) is 18.0. The monoisotopic (exact) mass is 448 g/mol. The molecule has 0 radical (unpaired) electrons. The van der Waals surface area contributed by atoms with Crippen LogP contribution in [0.25, 0.3) is 0 Å². The van der Waals surface area contributed by atoms with Gasteiger partial charge in [-0.1, -0.05) is 109 Å². The highest BCUT2D eigenvalue weighted by Crippen LogP contribution is 2.31. The molecular weight excluding hydrogens is 427 g/mol. The number of hydrogen-bond acceptors (Lipinski definition) is 0. The van der Waals surface area contributed by atoms with Gasteiger partial charge in [0.25, 0.3) is 0 Å². The van der Waals surface area contributed by atoms with Crippen LogP contribution in [-0.4, -0.2) is 0 Å². The molecule has 0 aromatic heterocycles. The standard InChI is InChI=1S/C19H16.C6H5I/c1-4-10-16(11-5-1)19(17-12-6-2-7-13-17)18-14-8-3-9-15-18;7-6-4-2-1-3-5-6/h1-15,19H;1-5H. The molecule has 4 aromatic rings. The maximum absolute atomic E-state index is 2.28. The molecular formula is C25H21I. The van der Waals surface area contributed by atoms with E-state index in [2.05, 4.69) is 126 Å². The van der Waals surface area contributed by atoms with Crippen molar-refractivity contribution in [2.75, 3.05) is 0 Å². The lowest BCUT2D eigenvalue weighted by atomic mass is 9.85. The molecule has 0 spiro atoms. The zero-order valence-corrected chi connectivity index (χ0v) is 16.7. The lowest BCUT2D eigenvalue weighted by Gasteiger charge is -2.18. The van der Waals surface area contributed by atoms with Crippen molar-refractivity contribution < 1.29 is 0 Å². The number of hydrogen-bond donors (Lipinski definition) is 0. The third-order valence-corrected chi connectivity index (χ3v) is 4.85. The smallest absolute Gasteiger partial charge is 0.0339 e. The van der Waals surface area contributed by atoms with Gasteiger partial charge in [0.05, 0.1) is 0 Å². The molecule has 0 nitrogen and oxygen atoms in total. The van der Waals surface area contributed by atoms with Crippen LogP contribution in [0, 0.1) is 3.57 Å². The van der Waals surface area contributed by atoms with Gasteiger partial charge in [-0.2, -0.15) is 0 Å². The average molecular weight is 448 g/mol. The van der Waals surface area contributed by atoms with E-state index >= 15 is 0 Å². The minimum Gasteiger partial charge on any atom is -0.0622 e. The van der Waals surface area contributed by atoms with E-state index in [0.717, 1.165) is 0 Å². The third kappa shape index (κ3) is 5.30. The maximum atomic E-state index is 2.28. The van der Waals surface area contributed by atoms with Gasteiger partial charge in [-0.15, -0.1) is 0 Å². The summed E-state index contributed by atoms with van der Waals surface area (Å²) in [6.45, 7) is 0. The normalized spacial score (nSPS) is 10.1. The first-order valence-corrected chi connectivity index (χ1v) is 9.78. The van der Waals surface area contributed by atoms with Gasteiger partial charge in [0.1, 0.15) is 0 Å². The summed E-state index contributed by atoms with van der Waals surface area (Å²) >= 11 is 2.28. The minimum atomic E-state index is 0.309. The molecule has 0 fully saturated rings. The van der Waals surface area contributed by atoms with Crippen LogP contribution in [-0.2, 0) is 0 Å². The molecule has 26 heavy (non-hydrogen) atoms. The minimum absolute atomic E-state index is 0.309. The molecule has 1 heteroatoms. The quantitative estimate of drug-likeness (QED) is 0.231. The van der Waals surface area contributed by atoms with E-state index in [1.807, 2.05) is 18.2 Å². The molecule has 0 unspecified atom stereocenters. The summed E-state index contributed by atoms with van der Waals surface area (Å²) in [5.41, 5.74) is 4.00. The van der Waals surface area contributed by atoms with Crippen molar-refractivity contribution in [3.63, 3.8) is 0 Å². The van der Waals surface area contributed by atoms with E-state index in [1.165, 1.54) is 20.3 Å². The third-order valence-electron chi connectivity index (χ3n) is 4.13. The van der Waals surface area contributed by atoms with Gasteiger partial charge in [-0.05, 0) is 51.4 Å². The Bertz CT molecular complexity index is 778. The van der Waals surface area contributed by atoms with E-state index in [9.17, 15) is 0 Å². The first kappa shape index (κ1) is 18.4. The van der Waals surface area contributed by atoms with Gasteiger partial charge in [0.15, 0.2) is 0 Å². The second-order valence-corrected chi connectivity index (χ2v) is 7.21. The van der Waals surface area contributed by atoms with Crippen LogP contribution in [0.3, 0.4) is 0 Å². The first-order valence-electron chi connectivity index (χ1n) is 8.70. The molecule has 0 saturated carbocycles. The van der Waals surface area contributed by atoms with Crippen molar-refractivity contribution in [3.8, 4) is 0 Å². The molecule has 0 aliphatic carbocycles. The lowest BCUT2D eigenvalue weighted by molar-refractivity contribution is 0.977. The van der Waals surface area contributed by atoms with Crippen LogP contribution in [0.5, 0.6) is 0 Å². The molecule has 0 saturated heterocycles. The van der Waals surface area contributed by atoms with Crippen molar-refractivity contribution in [3.05, 3.63) is 142 Å². The molecule has 4 rings (SSSR count). The number of rotatable bonds is 3. The first-order chi connectivity index (χ1) is 12.8. The Labute approximate surface area is 169 Å². The van der Waals surface area contributed by atoms with Crippen LogP contribution in [0.1, 0.15) is 22.6 Å². The zero-order valence-electron chi connectivity index (χ0n) is 14.5. The summed E-state index contributed by atoms with van der Waals surface area (Å²) in [6, 6.07) is 42.2. The SMILES string of the molecule is Ic1ccccc1.c1ccc(C(c2ccccc2)c2ccccc2)cc1. The number of halogens is 1. The van der Waals surface area contributed by atoms with Crippen molar-refractivity contribution in [2.45, 2.75) is 5.92 Å². The van der Waals surface area contributed by atoms with Gasteiger partial charge in [0, 0.05) is 9.49 Å². The highest BCUT2D eigenvalue weighted by atomic mass is 127.